The first-order valence-corrected chi connectivity index (χ1v) is 11.2. The van der Waals surface area contributed by atoms with Gasteiger partial charge >= 0.3 is 0 Å². The Morgan fingerprint density at radius 3 is 2.53 bits per heavy atom. The normalized spacial score (nSPS) is 11.3. The van der Waals surface area contributed by atoms with E-state index in [1.54, 1.807) is 21.0 Å². The summed E-state index contributed by atoms with van der Waals surface area (Å²) in [5.41, 5.74) is 5.37. The van der Waals surface area contributed by atoms with Gasteiger partial charge < -0.3 is 0 Å². The molecule has 2 heterocycles. The Labute approximate surface area is 184 Å². The number of hydrogen-bond acceptors (Lipinski definition) is 4. The number of fused-ring (bicyclic) bond motifs is 1. The van der Waals surface area contributed by atoms with Gasteiger partial charge in [0.15, 0.2) is 10.7 Å². The van der Waals surface area contributed by atoms with Crippen LogP contribution in [0.4, 0.5) is 0 Å². The lowest BCUT2D eigenvalue weighted by Gasteiger charge is -2.13. The maximum absolute atomic E-state index is 13.5. The zero-order valence-electron chi connectivity index (χ0n) is 17.2. The van der Waals surface area contributed by atoms with Crippen LogP contribution in [0.15, 0.2) is 58.5 Å². The van der Waals surface area contributed by atoms with Crippen molar-refractivity contribution in [3.63, 3.8) is 0 Å². The number of aryl methyl sites for hydroxylation is 3. The van der Waals surface area contributed by atoms with E-state index in [4.69, 9.17) is 16.6 Å². The summed E-state index contributed by atoms with van der Waals surface area (Å²) in [5, 5.41) is 5.89. The summed E-state index contributed by atoms with van der Waals surface area (Å²) in [4.78, 5) is 18.4. The third-order valence-electron chi connectivity index (χ3n) is 4.99. The van der Waals surface area contributed by atoms with Crippen molar-refractivity contribution in [2.75, 3.05) is 0 Å². The van der Waals surface area contributed by atoms with Crippen LogP contribution in [0.3, 0.4) is 0 Å². The Morgan fingerprint density at radius 2 is 1.83 bits per heavy atom. The maximum Gasteiger partial charge on any atom is 0.280 e. The van der Waals surface area contributed by atoms with Crippen LogP contribution in [-0.2, 0) is 18.8 Å². The van der Waals surface area contributed by atoms with Gasteiger partial charge in [-0.15, -0.1) is 0 Å². The van der Waals surface area contributed by atoms with Crippen molar-refractivity contribution in [3.05, 3.63) is 86.3 Å². The molecule has 0 aliphatic rings. The van der Waals surface area contributed by atoms with Gasteiger partial charge in [0, 0.05) is 17.3 Å². The number of rotatable bonds is 6. The molecule has 0 fully saturated rings. The zero-order valence-corrected chi connectivity index (χ0v) is 18.8. The van der Waals surface area contributed by atoms with Gasteiger partial charge in [0.1, 0.15) is 5.52 Å². The summed E-state index contributed by atoms with van der Waals surface area (Å²) in [6, 6.07) is 16.0. The van der Waals surface area contributed by atoms with Crippen LogP contribution in [-0.4, -0.2) is 19.3 Å². The minimum atomic E-state index is -0.0656. The summed E-state index contributed by atoms with van der Waals surface area (Å²) in [5.74, 6) is 0.737. The van der Waals surface area contributed by atoms with E-state index in [9.17, 15) is 4.79 Å². The first kappa shape index (κ1) is 20.7. The smallest absolute Gasteiger partial charge is 0.280 e. The first-order chi connectivity index (χ1) is 14.5. The van der Waals surface area contributed by atoms with Crippen molar-refractivity contribution in [3.8, 4) is 0 Å². The Morgan fingerprint density at radius 1 is 1.07 bits per heavy atom. The van der Waals surface area contributed by atoms with Gasteiger partial charge in [-0.25, -0.2) is 4.98 Å². The second-order valence-corrected chi connectivity index (χ2v) is 8.67. The Balaban J connectivity index is 1.80. The monoisotopic (exact) mass is 438 g/mol. The molecular formula is C23H23ClN4OS. The molecule has 4 aromatic rings. The van der Waals surface area contributed by atoms with Crippen molar-refractivity contribution in [2.24, 2.45) is 0 Å². The SMILES string of the molecule is CCn1nc(C)c2nc(SCc3cccc(C)c3)n(Cc3ccc(Cl)cc3)c(=O)c21. The molecule has 0 saturated carbocycles. The quantitative estimate of drug-likeness (QED) is 0.306. The number of benzene rings is 2. The van der Waals surface area contributed by atoms with Crippen LogP contribution in [0.5, 0.6) is 0 Å². The van der Waals surface area contributed by atoms with Gasteiger partial charge in [-0.3, -0.25) is 14.0 Å². The molecule has 5 nitrogen and oxygen atoms in total. The van der Waals surface area contributed by atoms with E-state index < -0.39 is 0 Å². The molecule has 4 rings (SSSR count). The minimum Gasteiger partial charge on any atom is -0.281 e. The predicted molar refractivity (Wildman–Crippen MR) is 123 cm³/mol. The van der Waals surface area contributed by atoms with E-state index in [1.807, 2.05) is 38.1 Å². The highest BCUT2D eigenvalue weighted by Crippen LogP contribution is 2.24. The maximum atomic E-state index is 13.5. The highest BCUT2D eigenvalue weighted by molar-refractivity contribution is 7.98. The second kappa shape index (κ2) is 8.66. The number of halogens is 1. The fraction of sp³-hybridized carbons (Fsp3) is 0.261. The van der Waals surface area contributed by atoms with Crippen LogP contribution < -0.4 is 5.56 Å². The summed E-state index contributed by atoms with van der Waals surface area (Å²) in [6.45, 7) is 7.02. The Kier molecular flexibility index (Phi) is 5.97. The summed E-state index contributed by atoms with van der Waals surface area (Å²) < 4.78 is 3.49. The average Bonchev–Trinajstić information content (AvgIpc) is 3.06. The molecule has 0 amide bonds. The molecule has 154 valence electrons. The molecular weight excluding hydrogens is 416 g/mol. The first-order valence-electron chi connectivity index (χ1n) is 9.87. The summed E-state index contributed by atoms with van der Waals surface area (Å²) in [7, 11) is 0. The fourth-order valence-corrected chi connectivity index (χ4v) is 4.55. The molecule has 0 atom stereocenters. The van der Waals surface area contributed by atoms with Gasteiger partial charge in [-0.1, -0.05) is 65.3 Å². The van der Waals surface area contributed by atoms with Crippen LogP contribution in [0, 0.1) is 13.8 Å². The standard InChI is InChI=1S/C23H23ClN4OS/c1-4-28-21-20(16(3)26-28)25-23(30-14-18-7-5-6-15(2)12-18)27(22(21)29)13-17-8-10-19(24)11-9-17/h5-12H,4,13-14H2,1-3H3. The van der Waals surface area contributed by atoms with Crippen molar-refractivity contribution in [1.29, 1.82) is 0 Å². The number of hydrogen-bond donors (Lipinski definition) is 0. The molecule has 30 heavy (non-hydrogen) atoms. The number of thioether (sulfide) groups is 1. The molecule has 0 unspecified atom stereocenters. The molecule has 2 aromatic carbocycles. The lowest BCUT2D eigenvalue weighted by atomic mass is 10.2. The molecule has 0 radical (unpaired) electrons. The molecule has 2 aromatic heterocycles. The van der Waals surface area contributed by atoms with Crippen LogP contribution in [0.25, 0.3) is 11.0 Å². The van der Waals surface area contributed by atoms with Crippen LogP contribution in [0.1, 0.15) is 29.3 Å². The topological polar surface area (TPSA) is 52.7 Å². The second-order valence-electron chi connectivity index (χ2n) is 7.29. The molecule has 0 aliphatic heterocycles. The lowest BCUT2D eigenvalue weighted by molar-refractivity contribution is 0.636. The van der Waals surface area contributed by atoms with Crippen molar-refractivity contribution in [1.82, 2.24) is 19.3 Å². The zero-order chi connectivity index (χ0) is 21.3. The van der Waals surface area contributed by atoms with E-state index in [0.717, 1.165) is 17.0 Å². The van der Waals surface area contributed by atoms with E-state index >= 15 is 0 Å². The molecule has 0 spiro atoms. The fourth-order valence-electron chi connectivity index (χ4n) is 3.49. The molecule has 0 bridgehead atoms. The molecule has 0 saturated heterocycles. The van der Waals surface area contributed by atoms with E-state index in [2.05, 4.69) is 36.3 Å². The van der Waals surface area contributed by atoms with Gasteiger partial charge in [0.2, 0.25) is 0 Å². The number of aromatic nitrogens is 4. The van der Waals surface area contributed by atoms with E-state index in [0.29, 0.717) is 34.3 Å². The van der Waals surface area contributed by atoms with Crippen LogP contribution >= 0.6 is 23.4 Å². The van der Waals surface area contributed by atoms with Gasteiger partial charge in [-0.05, 0) is 44.0 Å². The van der Waals surface area contributed by atoms with Gasteiger partial charge in [0.25, 0.3) is 5.56 Å². The highest BCUT2D eigenvalue weighted by Gasteiger charge is 2.18. The minimum absolute atomic E-state index is 0.0656. The van der Waals surface area contributed by atoms with Crippen molar-refractivity contribution >= 4 is 34.4 Å². The number of nitrogens with zero attached hydrogens (tertiary/aromatic N) is 4. The molecule has 7 heteroatoms. The predicted octanol–water partition coefficient (Wildman–Crippen LogP) is 5.22. The highest BCUT2D eigenvalue weighted by atomic mass is 35.5. The van der Waals surface area contributed by atoms with Gasteiger partial charge in [-0.2, -0.15) is 5.10 Å². The van der Waals surface area contributed by atoms with E-state index in [-0.39, 0.29) is 5.56 Å². The molecule has 0 N–H and O–H groups in total. The lowest BCUT2D eigenvalue weighted by Crippen LogP contribution is -2.25. The third-order valence-corrected chi connectivity index (χ3v) is 6.29. The van der Waals surface area contributed by atoms with Crippen molar-refractivity contribution < 1.29 is 0 Å². The Hall–Kier alpha value is -2.57. The average molecular weight is 439 g/mol. The van der Waals surface area contributed by atoms with E-state index in [1.165, 1.54) is 11.1 Å². The van der Waals surface area contributed by atoms with Crippen molar-refractivity contribution in [2.45, 2.75) is 44.8 Å². The Bertz CT molecular complexity index is 1260. The third kappa shape index (κ3) is 4.16. The largest absolute Gasteiger partial charge is 0.281 e. The van der Waals surface area contributed by atoms with Crippen LogP contribution in [0.2, 0.25) is 5.02 Å². The summed E-state index contributed by atoms with van der Waals surface area (Å²) in [6.07, 6.45) is 0. The van der Waals surface area contributed by atoms with Gasteiger partial charge in [0.05, 0.1) is 12.2 Å². The summed E-state index contributed by atoms with van der Waals surface area (Å²) >= 11 is 7.61. The molecule has 0 aliphatic carbocycles.